The van der Waals surface area contributed by atoms with Crippen LogP contribution in [0.15, 0.2) is 41.2 Å². The molecule has 0 aliphatic heterocycles. The standard InChI is InChI=1S/C18H15N5OS3/c1-10-5-3-7-19-15(10)22-17-21-12(9-26-17)14-11(2)20-18(27-14)23-16(24)13-6-4-8-25-13/h3-9H,1-2H3,(H,19,21,22)(H,20,23,24). The van der Waals surface area contributed by atoms with Crippen LogP contribution in [0.3, 0.4) is 0 Å². The van der Waals surface area contributed by atoms with E-state index < -0.39 is 0 Å². The van der Waals surface area contributed by atoms with E-state index in [0.717, 1.165) is 32.8 Å². The molecule has 0 unspecified atom stereocenters. The maximum Gasteiger partial charge on any atom is 0.267 e. The number of aryl methyl sites for hydroxylation is 2. The summed E-state index contributed by atoms with van der Waals surface area (Å²) in [6.07, 6.45) is 1.75. The molecule has 9 heteroatoms. The minimum Gasteiger partial charge on any atom is -0.316 e. The molecule has 0 saturated carbocycles. The van der Waals surface area contributed by atoms with Crippen molar-refractivity contribution in [3.8, 4) is 10.6 Å². The van der Waals surface area contributed by atoms with Gasteiger partial charge in [0, 0.05) is 11.6 Å². The summed E-state index contributed by atoms with van der Waals surface area (Å²) in [5, 5.41) is 11.3. The number of nitrogens with one attached hydrogen (secondary N) is 2. The number of hydrogen-bond acceptors (Lipinski definition) is 8. The van der Waals surface area contributed by atoms with Crippen LogP contribution < -0.4 is 10.6 Å². The topological polar surface area (TPSA) is 79.8 Å². The van der Waals surface area contributed by atoms with Gasteiger partial charge >= 0.3 is 0 Å². The van der Waals surface area contributed by atoms with Crippen LogP contribution in [0.5, 0.6) is 0 Å². The van der Waals surface area contributed by atoms with Gasteiger partial charge in [0.2, 0.25) is 0 Å². The average molecular weight is 414 g/mol. The molecule has 0 bridgehead atoms. The predicted octanol–water partition coefficient (Wildman–Crippen LogP) is 5.34. The molecule has 0 atom stereocenters. The van der Waals surface area contributed by atoms with Gasteiger partial charge in [-0.1, -0.05) is 23.5 Å². The molecule has 4 rings (SSSR count). The van der Waals surface area contributed by atoms with Crippen molar-refractivity contribution in [2.24, 2.45) is 0 Å². The highest BCUT2D eigenvalue weighted by atomic mass is 32.1. The number of carbonyl (C=O) groups excluding carboxylic acids is 1. The van der Waals surface area contributed by atoms with E-state index >= 15 is 0 Å². The second-order valence-corrected chi connectivity index (χ2v) is 8.50. The van der Waals surface area contributed by atoms with E-state index in [9.17, 15) is 4.79 Å². The number of anilines is 3. The lowest BCUT2D eigenvalue weighted by Gasteiger charge is -2.03. The minimum absolute atomic E-state index is 0.142. The fourth-order valence-corrected chi connectivity index (χ4v) is 4.72. The first-order chi connectivity index (χ1) is 13.1. The summed E-state index contributed by atoms with van der Waals surface area (Å²) in [5.74, 6) is 0.653. The van der Waals surface area contributed by atoms with Crippen molar-refractivity contribution in [2.75, 3.05) is 10.6 Å². The number of thiazole rings is 2. The largest absolute Gasteiger partial charge is 0.316 e. The van der Waals surface area contributed by atoms with Gasteiger partial charge < -0.3 is 5.32 Å². The first-order valence-electron chi connectivity index (χ1n) is 8.07. The number of hydrogen-bond donors (Lipinski definition) is 2. The summed E-state index contributed by atoms with van der Waals surface area (Å²) in [6.45, 7) is 3.92. The monoisotopic (exact) mass is 413 g/mol. The van der Waals surface area contributed by atoms with Gasteiger partial charge in [0.15, 0.2) is 10.3 Å². The van der Waals surface area contributed by atoms with Crippen LogP contribution >= 0.6 is 34.0 Å². The molecule has 0 radical (unpaired) electrons. The van der Waals surface area contributed by atoms with E-state index in [4.69, 9.17) is 0 Å². The van der Waals surface area contributed by atoms with Gasteiger partial charge in [0.1, 0.15) is 5.82 Å². The van der Waals surface area contributed by atoms with Crippen molar-refractivity contribution < 1.29 is 4.79 Å². The smallest absolute Gasteiger partial charge is 0.267 e. The molecule has 4 aromatic heterocycles. The third kappa shape index (κ3) is 3.90. The molecule has 0 aliphatic rings. The van der Waals surface area contributed by atoms with Crippen LogP contribution in [0.2, 0.25) is 0 Å². The first kappa shape index (κ1) is 17.8. The Morgan fingerprint density at radius 1 is 1.07 bits per heavy atom. The molecule has 136 valence electrons. The number of rotatable bonds is 5. The molecule has 2 N–H and O–H groups in total. The molecular weight excluding hydrogens is 398 g/mol. The Labute approximate surface area is 168 Å². The van der Waals surface area contributed by atoms with Crippen molar-refractivity contribution in [1.29, 1.82) is 0 Å². The summed E-state index contributed by atoms with van der Waals surface area (Å²) < 4.78 is 0. The summed E-state index contributed by atoms with van der Waals surface area (Å²) in [7, 11) is 0. The molecular formula is C18H15N5OS3. The highest BCUT2D eigenvalue weighted by Gasteiger charge is 2.16. The van der Waals surface area contributed by atoms with Crippen LogP contribution in [0.25, 0.3) is 10.6 Å². The van der Waals surface area contributed by atoms with Crippen molar-refractivity contribution >= 4 is 56.0 Å². The number of amides is 1. The maximum absolute atomic E-state index is 12.2. The van der Waals surface area contributed by atoms with Gasteiger partial charge in [-0.05, 0) is 36.9 Å². The highest BCUT2D eigenvalue weighted by Crippen LogP contribution is 2.35. The van der Waals surface area contributed by atoms with Crippen LogP contribution in [0, 0.1) is 13.8 Å². The Morgan fingerprint density at radius 3 is 2.74 bits per heavy atom. The Morgan fingerprint density at radius 2 is 1.96 bits per heavy atom. The predicted molar refractivity (Wildman–Crippen MR) is 112 cm³/mol. The van der Waals surface area contributed by atoms with Crippen molar-refractivity contribution in [3.05, 3.63) is 57.4 Å². The first-order valence-corrected chi connectivity index (χ1v) is 10.6. The molecule has 0 fully saturated rings. The quantitative estimate of drug-likeness (QED) is 0.462. The van der Waals surface area contributed by atoms with Gasteiger partial charge in [-0.2, -0.15) is 0 Å². The molecule has 4 heterocycles. The number of carbonyl (C=O) groups is 1. The van der Waals surface area contributed by atoms with E-state index in [2.05, 4.69) is 25.6 Å². The lowest BCUT2D eigenvalue weighted by Crippen LogP contribution is -2.09. The average Bonchev–Trinajstić information content (AvgIpc) is 3.38. The van der Waals surface area contributed by atoms with E-state index in [1.807, 2.05) is 42.8 Å². The summed E-state index contributed by atoms with van der Waals surface area (Å²) in [5.41, 5.74) is 2.73. The highest BCUT2D eigenvalue weighted by molar-refractivity contribution is 7.20. The minimum atomic E-state index is -0.142. The van der Waals surface area contributed by atoms with Crippen molar-refractivity contribution in [1.82, 2.24) is 15.0 Å². The third-order valence-corrected chi connectivity index (χ3v) is 6.46. The lowest BCUT2D eigenvalue weighted by molar-refractivity contribution is 0.103. The molecule has 1 amide bonds. The number of nitrogens with zero attached hydrogens (tertiary/aromatic N) is 3. The maximum atomic E-state index is 12.2. The second kappa shape index (κ2) is 7.55. The van der Waals surface area contributed by atoms with Crippen LogP contribution in [-0.4, -0.2) is 20.9 Å². The van der Waals surface area contributed by atoms with Crippen LogP contribution in [-0.2, 0) is 0 Å². The number of aromatic nitrogens is 3. The van der Waals surface area contributed by atoms with E-state index in [1.54, 1.807) is 12.3 Å². The van der Waals surface area contributed by atoms with Gasteiger partial charge in [0.05, 0.1) is 21.1 Å². The Hall–Kier alpha value is -2.62. The fourth-order valence-electron chi connectivity index (χ4n) is 2.41. The lowest BCUT2D eigenvalue weighted by atomic mass is 10.3. The summed E-state index contributed by atoms with van der Waals surface area (Å²) >= 11 is 4.34. The van der Waals surface area contributed by atoms with Crippen molar-refractivity contribution in [3.63, 3.8) is 0 Å². The number of thiophene rings is 1. The Bertz CT molecular complexity index is 1080. The fraction of sp³-hybridized carbons (Fsp3) is 0.111. The van der Waals surface area contributed by atoms with Crippen LogP contribution in [0.1, 0.15) is 20.9 Å². The van der Waals surface area contributed by atoms with E-state index in [0.29, 0.717) is 10.0 Å². The van der Waals surface area contributed by atoms with E-state index in [-0.39, 0.29) is 5.91 Å². The molecule has 4 aromatic rings. The van der Waals surface area contributed by atoms with Gasteiger partial charge in [-0.25, -0.2) is 15.0 Å². The second-order valence-electron chi connectivity index (χ2n) is 5.70. The molecule has 0 spiro atoms. The number of pyridine rings is 1. The third-order valence-electron chi connectivity index (χ3n) is 3.73. The van der Waals surface area contributed by atoms with Gasteiger partial charge in [-0.3, -0.25) is 10.1 Å². The normalized spacial score (nSPS) is 10.7. The zero-order chi connectivity index (χ0) is 18.8. The summed E-state index contributed by atoms with van der Waals surface area (Å²) in [4.78, 5) is 27.3. The van der Waals surface area contributed by atoms with Crippen LogP contribution in [0.4, 0.5) is 16.1 Å². The molecule has 0 aromatic carbocycles. The van der Waals surface area contributed by atoms with Crippen molar-refractivity contribution in [2.45, 2.75) is 13.8 Å². The van der Waals surface area contributed by atoms with Gasteiger partial charge in [-0.15, -0.1) is 22.7 Å². The SMILES string of the molecule is Cc1cccnc1Nc1nc(-c2sc(NC(=O)c3cccs3)nc2C)cs1. The Kier molecular flexibility index (Phi) is 4.97. The molecule has 6 nitrogen and oxygen atoms in total. The molecule has 27 heavy (non-hydrogen) atoms. The van der Waals surface area contributed by atoms with E-state index in [1.165, 1.54) is 34.0 Å². The zero-order valence-electron chi connectivity index (χ0n) is 14.5. The summed E-state index contributed by atoms with van der Waals surface area (Å²) in [6, 6.07) is 7.55. The van der Waals surface area contributed by atoms with Gasteiger partial charge in [0.25, 0.3) is 5.91 Å². The Balaban J connectivity index is 1.52. The zero-order valence-corrected chi connectivity index (χ0v) is 17.0. The molecule has 0 saturated heterocycles. The molecule has 0 aliphatic carbocycles.